The summed E-state index contributed by atoms with van der Waals surface area (Å²) < 4.78 is 6.76. The lowest BCUT2D eigenvalue weighted by atomic mass is 10.7. The van der Waals surface area contributed by atoms with Gasteiger partial charge in [-0.15, -0.1) is 0 Å². The maximum absolute atomic E-state index is 4.86. The summed E-state index contributed by atoms with van der Waals surface area (Å²) in [6, 6.07) is 0. The molecule has 0 aromatic carbocycles. The first-order valence-electron chi connectivity index (χ1n) is 2.71. The molecule has 0 bridgehead atoms. The number of nitrogens with zero attached hydrogens (tertiary/aromatic N) is 2. The van der Waals surface area contributed by atoms with Crippen LogP contribution < -0.4 is 4.57 Å². The van der Waals surface area contributed by atoms with Gasteiger partial charge in [0, 0.05) is 7.11 Å². The molecule has 1 aromatic heterocycles. The van der Waals surface area contributed by atoms with Gasteiger partial charge in [-0.3, -0.25) is 4.98 Å². The first kappa shape index (κ1) is 6.16. The lowest BCUT2D eigenvalue weighted by Gasteiger charge is -1.89. The highest BCUT2D eigenvalue weighted by atomic mass is 16.5. The van der Waals surface area contributed by atoms with Gasteiger partial charge in [0.15, 0.2) is 12.4 Å². The Morgan fingerprint density at radius 2 is 2.11 bits per heavy atom. The van der Waals surface area contributed by atoms with Crippen LogP contribution in [0.5, 0.6) is 0 Å². The summed E-state index contributed by atoms with van der Waals surface area (Å²) in [6.45, 7) is 0.586. The van der Waals surface area contributed by atoms with Gasteiger partial charge in [-0.05, 0) is 0 Å². The van der Waals surface area contributed by atoms with Crippen LogP contribution in [0.15, 0.2) is 24.8 Å². The SMILES string of the molecule is COC[n+]1ccncc1. The third-order valence-electron chi connectivity index (χ3n) is 0.967. The van der Waals surface area contributed by atoms with Crippen LogP contribution in [0.3, 0.4) is 0 Å². The fourth-order valence-corrected chi connectivity index (χ4v) is 0.583. The molecule has 0 aliphatic carbocycles. The van der Waals surface area contributed by atoms with Crippen LogP contribution in [-0.4, -0.2) is 12.1 Å². The summed E-state index contributed by atoms with van der Waals surface area (Å²) in [6.07, 6.45) is 7.14. The summed E-state index contributed by atoms with van der Waals surface area (Å²) in [5.74, 6) is 0. The van der Waals surface area contributed by atoms with Gasteiger partial charge >= 0.3 is 0 Å². The van der Waals surface area contributed by atoms with Gasteiger partial charge in [0.05, 0.1) is 12.4 Å². The quantitative estimate of drug-likeness (QED) is 0.519. The van der Waals surface area contributed by atoms with Crippen LogP contribution in [0.4, 0.5) is 0 Å². The summed E-state index contributed by atoms with van der Waals surface area (Å²) in [7, 11) is 1.66. The van der Waals surface area contributed by atoms with Gasteiger partial charge in [-0.25, -0.2) is 0 Å². The van der Waals surface area contributed by atoms with E-state index in [1.54, 1.807) is 19.5 Å². The second kappa shape index (κ2) is 3.14. The molecule has 0 radical (unpaired) electrons. The minimum atomic E-state index is 0.586. The molecular formula is C6H9N2O+. The molecule has 0 amide bonds. The third-order valence-corrected chi connectivity index (χ3v) is 0.967. The van der Waals surface area contributed by atoms with Crippen molar-refractivity contribution >= 4 is 0 Å². The Hall–Kier alpha value is -0.960. The van der Waals surface area contributed by atoms with E-state index in [-0.39, 0.29) is 0 Å². The molecule has 48 valence electrons. The van der Waals surface area contributed by atoms with E-state index in [9.17, 15) is 0 Å². The van der Waals surface area contributed by atoms with Crippen molar-refractivity contribution in [3.8, 4) is 0 Å². The third kappa shape index (κ3) is 1.77. The lowest BCUT2D eigenvalue weighted by molar-refractivity contribution is -0.731. The van der Waals surface area contributed by atoms with Crippen molar-refractivity contribution < 1.29 is 9.30 Å². The number of hydrogen-bond donors (Lipinski definition) is 0. The summed E-state index contributed by atoms with van der Waals surface area (Å²) in [5, 5.41) is 0. The van der Waals surface area contributed by atoms with Gasteiger partial charge in [-0.1, -0.05) is 0 Å². The summed E-state index contributed by atoms with van der Waals surface area (Å²) in [4.78, 5) is 3.85. The van der Waals surface area contributed by atoms with E-state index >= 15 is 0 Å². The molecule has 1 rings (SSSR count). The Morgan fingerprint density at radius 3 is 2.67 bits per heavy atom. The van der Waals surface area contributed by atoms with Gasteiger partial charge in [0.1, 0.15) is 0 Å². The Balaban J connectivity index is 2.61. The Bertz CT molecular complexity index is 164. The molecule has 9 heavy (non-hydrogen) atoms. The smallest absolute Gasteiger partial charge is 0.252 e. The van der Waals surface area contributed by atoms with Crippen LogP contribution in [0, 0.1) is 0 Å². The highest BCUT2D eigenvalue weighted by Gasteiger charge is 1.91. The van der Waals surface area contributed by atoms with Crippen molar-refractivity contribution in [1.82, 2.24) is 4.98 Å². The van der Waals surface area contributed by atoms with E-state index in [4.69, 9.17) is 4.74 Å². The van der Waals surface area contributed by atoms with E-state index in [0.29, 0.717) is 6.73 Å². The first-order valence-corrected chi connectivity index (χ1v) is 2.71. The zero-order valence-corrected chi connectivity index (χ0v) is 5.32. The fourth-order valence-electron chi connectivity index (χ4n) is 0.583. The molecule has 0 fully saturated rings. The summed E-state index contributed by atoms with van der Waals surface area (Å²) in [5.41, 5.74) is 0. The normalized spacial score (nSPS) is 9.44. The van der Waals surface area contributed by atoms with Crippen LogP contribution in [-0.2, 0) is 11.5 Å². The minimum absolute atomic E-state index is 0.586. The molecule has 3 nitrogen and oxygen atoms in total. The van der Waals surface area contributed by atoms with Crippen LogP contribution in [0.2, 0.25) is 0 Å². The molecule has 0 aliphatic heterocycles. The van der Waals surface area contributed by atoms with Crippen molar-refractivity contribution in [1.29, 1.82) is 0 Å². The van der Waals surface area contributed by atoms with Gasteiger partial charge in [-0.2, -0.15) is 4.57 Å². The Kier molecular flexibility index (Phi) is 2.15. The molecule has 0 saturated carbocycles. The number of rotatable bonds is 2. The van der Waals surface area contributed by atoms with E-state index in [1.165, 1.54) is 0 Å². The van der Waals surface area contributed by atoms with Crippen LogP contribution >= 0.6 is 0 Å². The van der Waals surface area contributed by atoms with Crippen molar-refractivity contribution in [3.63, 3.8) is 0 Å². The monoisotopic (exact) mass is 125 g/mol. The predicted molar refractivity (Wildman–Crippen MR) is 31.4 cm³/mol. The van der Waals surface area contributed by atoms with Crippen LogP contribution in [0.25, 0.3) is 0 Å². The first-order chi connectivity index (χ1) is 4.43. The number of aromatic nitrogens is 2. The molecule has 0 atom stereocenters. The zero-order chi connectivity index (χ0) is 6.53. The number of hydrogen-bond acceptors (Lipinski definition) is 2. The second-order valence-electron chi connectivity index (χ2n) is 1.68. The zero-order valence-electron chi connectivity index (χ0n) is 5.32. The average molecular weight is 125 g/mol. The summed E-state index contributed by atoms with van der Waals surface area (Å²) >= 11 is 0. The van der Waals surface area contributed by atoms with Gasteiger partial charge in [0.25, 0.3) is 6.73 Å². The standard InChI is InChI=1S/C6H9N2O/c1-9-6-8-4-2-7-3-5-8/h2-5H,6H2,1H3/q+1. The lowest BCUT2D eigenvalue weighted by Crippen LogP contribution is -2.33. The largest absolute Gasteiger partial charge is 0.327 e. The molecule has 3 heteroatoms. The molecule has 0 unspecified atom stereocenters. The van der Waals surface area contributed by atoms with Crippen molar-refractivity contribution in [3.05, 3.63) is 24.8 Å². The van der Waals surface area contributed by atoms with Crippen LogP contribution in [0.1, 0.15) is 0 Å². The van der Waals surface area contributed by atoms with E-state index in [0.717, 1.165) is 0 Å². The van der Waals surface area contributed by atoms with Gasteiger partial charge < -0.3 is 4.74 Å². The fraction of sp³-hybridized carbons (Fsp3) is 0.333. The highest BCUT2D eigenvalue weighted by molar-refractivity contribution is 4.62. The molecular weight excluding hydrogens is 116 g/mol. The number of ether oxygens (including phenoxy) is 1. The minimum Gasteiger partial charge on any atom is -0.327 e. The van der Waals surface area contributed by atoms with Crippen molar-refractivity contribution in [2.24, 2.45) is 0 Å². The predicted octanol–water partition coefficient (Wildman–Crippen LogP) is -0.0270. The molecule has 0 N–H and O–H groups in total. The number of methoxy groups -OCH3 is 1. The topological polar surface area (TPSA) is 26.0 Å². The van der Waals surface area contributed by atoms with Crippen molar-refractivity contribution in [2.75, 3.05) is 7.11 Å². The van der Waals surface area contributed by atoms with E-state index in [1.807, 2.05) is 17.0 Å². The maximum Gasteiger partial charge on any atom is 0.252 e. The second-order valence-corrected chi connectivity index (χ2v) is 1.68. The van der Waals surface area contributed by atoms with Crippen molar-refractivity contribution in [2.45, 2.75) is 6.73 Å². The van der Waals surface area contributed by atoms with E-state index in [2.05, 4.69) is 4.98 Å². The molecule has 1 aromatic rings. The highest BCUT2D eigenvalue weighted by Crippen LogP contribution is 1.70. The molecule has 0 saturated heterocycles. The maximum atomic E-state index is 4.86. The van der Waals surface area contributed by atoms with E-state index < -0.39 is 0 Å². The Morgan fingerprint density at radius 1 is 1.44 bits per heavy atom. The van der Waals surface area contributed by atoms with Gasteiger partial charge in [0.2, 0.25) is 0 Å². The molecule has 1 heterocycles. The molecule has 0 aliphatic rings. The molecule has 0 spiro atoms. The average Bonchev–Trinajstić information content (AvgIpc) is 1.91. The Labute approximate surface area is 53.9 Å².